The lowest BCUT2D eigenvalue weighted by Gasteiger charge is -2.33. The third kappa shape index (κ3) is 3.34. The van der Waals surface area contributed by atoms with Crippen molar-refractivity contribution < 1.29 is 9.59 Å². The monoisotopic (exact) mass is 402 g/mol. The van der Waals surface area contributed by atoms with Crippen LogP contribution in [0.1, 0.15) is 47.6 Å². The van der Waals surface area contributed by atoms with Gasteiger partial charge in [0.15, 0.2) is 0 Å². The molecule has 30 heavy (non-hydrogen) atoms. The van der Waals surface area contributed by atoms with E-state index in [1.54, 1.807) is 0 Å². The van der Waals surface area contributed by atoms with E-state index in [1.165, 1.54) is 4.90 Å². The normalized spacial score (nSPS) is 19.8. The highest BCUT2D eigenvalue weighted by Crippen LogP contribution is 2.38. The van der Waals surface area contributed by atoms with Gasteiger partial charge in [-0.3, -0.25) is 9.59 Å². The second-order valence-electron chi connectivity index (χ2n) is 8.90. The average molecular weight is 403 g/mol. The number of hydrogen-bond acceptors (Lipinski definition) is 3. The molecular weight excluding hydrogens is 372 g/mol. The number of anilines is 1. The Balaban J connectivity index is 1.89. The summed E-state index contributed by atoms with van der Waals surface area (Å²) in [6.45, 7) is 11.9. The Bertz CT molecular complexity index is 1070. The van der Waals surface area contributed by atoms with Crippen molar-refractivity contribution in [1.29, 1.82) is 0 Å². The zero-order valence-corrected chi connectivity index (χ0v) is 18.6. The second kappa shape index (κ2) is 7.75. The maximum atomic E-state index is 13.8. The number of rotatable bonds is 3. The Labute approximate surface area is 179 Å². The van der Waals surface area contributed by atoms with Crippen LogP contribution in [0.2, 0.25) is 0 Å². The van der Waals surface area contributed by atoms with E-state index in [-0.39, 0.29) is 11.8 Å². The summed E-state index contributed by atoms with van der Waals surface area (Å²) in [7, 11) is 0. The van der Waals surface area contributed by atoms with Gasteiger partial charge >= 0.3 is 0 Å². The Hall–Kier alpha value is -2.88. The molecule has 1 atom stereocenters. The van der Waals surface area contributed by atoms with Crippen LogP contribution in [0.15, 0.2) is 42.1 Å². The molecule has 2 heterocycles. The van der Waals surface area contributed by atoms with Crippen molar-refractivity contribution in [2.75, 3.05) is 18.0 Å². The largest absolute Gasteiger partial charge is 0.366 e. The van der Waals surface area contributed by atoms with Crippen molar-refractivity contribution in [1.82, 2.24) is 4.90 Å². The Morgan fingerprint density at radius 2 is 1.70 bits per heavy atom. The third-order valence-electron chi connectivity index (χ3n) is 6.50. The van der Waals surface area contributed by atoms with Crippen LogP contribution in [0.4, 0.5) is 5.69 Å². The highest BCUT2D eigenvalue weighted by molar-refractivity contribution is 6.45. The first-order chi connectivity index (χ1) is 14.3. The minimum absolute atomic E-state index is 0.197. The standard InChI is InChI=1S/C26H30N2O2/c1-16-11-12-21(19(4)14-16)23-24(27-13-7-8-17(2)15-27)26(30)28(25(23)29)22-10-6-9-18(3)20(22)5/h6,9-12,14,17H,7-8,13,15H2,1-5H3. The van der Waals surface area contributed by atoms with Crippen molar-refractivity contribution in [2.45, 2.75) is 47.5 Å². The maximum Gasteiger partial charge on any atom is 0.282 e. The molecule has 0 bridgehead atoms. The van der Waals surface area contributed by atoms with Gasteiger partial charge < -0.3 is 4.90 Å². The summed E-state index contributed by atoms with van der Waals surface area (Å²) in [5.41, 5.74) is 6.87. The van der Waals surface area contributed by atoms with Crippen LogP contribution in [0, 0.1) is 33.6 Å². The summed E-state index contributed by atoms with van der Waals surface area (Å²) in [5, 5.41) is 0. The SMILES string of the molecule is Cc1ccc(C2=C(N3CCCC(C)C3)C(=O)N(c3cccc(C)c3C)C2=O)c(C)c1. The molecule has 156 valence electrons. The van der Waals surface area contributed by atoms with Crippen molar-refractivity contribution >= 4 is 23.1 Å². The Morgan fingerprint density at radius 3 is 2.40 bits per heavy atom. The van der Waals surface area contributed by atoms with Crippen LogP contribution in [0.25, 0.3) is 5.57 Å². The first-order valence-corrected chi connectivity index (χ1v) is 10.8. The number of carbonyl (C=O) groups excluding carboxylic acids is 2. The van der Waals surface area contributed by atoms with Gasteiger partial charge in [-0.15, -0.1) is 0 Å². The Morgan fingerprint density at radius 1 is 0.933 bits per heavy atom. The van der Waals surface area contributed by atoms with E-state index in [1.807, 2.05) is 58.0 Å². The predicted octanol–water partition coefficient (Wildman–Crippen LogP) is 4.94. The highest BCUT2D eigenvalue weighted by Gasteiger charge is 2.44. The predicted molar refractivity (Wildman–Crippen MR) is 121 cm³/mol. The lowest BCUT2D eigenvalue weighted by Crippen LogP contribution is -2.39. The molecule has 2 amide bonds. The fourth-order valence-electron chi connectivity index (χ4n) is 4.74. The van der Waals surface area contributed by atoms with Crippen molar-refractivity contribution in [3.05, 3.63) is 69.9 Å². The highest BCUT2D eigenvalue weighted by atomic mass is 16.2. The number of likely N-dealkylation sites (tertiary alicyclic amines) is 1. The smallest absolute Gasteiger partial charge is 0.282 e. The number of nitrogens with zero attached hydrogens (tertiary/aromatic N) is 2. The molecule has 2 aliphatic heterocycles. The third-order valence-corrected chi connectivity index (χ3v) is 6.50. The topological polar surface area (TPSA) is 40.6 Å². The molecule has 2 aromatic rings. The van der Waals surface area contributed by atoms with Gasteiger partial charge in [0.2, 0.25) is 0 Å². The van der Waals surface area contributed by atoms with Gasteiger partial charge in [-0.05, 0) is 74.8 Å². The van der Waals surface area contributed by atoms with E-state index in [2.05, 4.69) is 17.9 Å². The first-order valence-electron chi connectivity index (χ1n) is 10.8. The van der Waals surface area contributed by atoms with Crippen LogP contribution >= 0.6 is 0 Å². The van der Waals surface area contributed by atoms with E-state index >= 15 is 0 Å². The fourth-order valence-corrected chi connectivity index (χ4v) is 4.74. The lowest BCUT2D eigenvalue weighted by molar-refractivity contribution is -0.120. The molecule has 0 N–H and O–H groups in total. The van der Waals surface area contributed by atoms with Gasteiger partial charge in [-0.1, -0.05) is 42.8 Å². The molecule has 4 nitrogen and oxygen atoms in total. The van der Waals surface area contributed by atoms with Crippen LogP contribution in [0.3, 0.4) is 0 Å². The van der Waals surface area contributed by atoms with E-state index in [0.29, 0.717) is 22.9 Å². The summed E-state index contributed by atoms with van der Waals surface area (Å²) >= 11 is 0. The molecule has 1 unspecified atom stereocenters. The van der Waals surface area contributed by atoms with Gasteiger partial charge in [-0.2, -0.15) is 0 Å². The summed E-state index contributed by atoms with van der Waals surface area (Å²) in [6.07, 6.45) is 2.20. The van der Waals surface area contributed by atoms with Crippen molar-refractivity contribution in [3.63, 3.8) is 0 Å². The first kappa shape index (κ1) is 20.4. The van der Waals surface area contributed by atoms with Crippen LogP contribution < -0.4 is 4.90 Å². The van der Waals surface area contributed by atoms with Gasteiger partial charge in [0.25, 0.3) is 11.8 Å². The lowest BCUT2D eigenvalue weighted by atomic mass is 9.95. The number of amides is 2. The number of benzene rings is 2. The zero-order valence-electron chi connectivity index (χ0n) is 18.6. The molecule has 0 saturated carbocycles. The summed E-state index contributed by atoms with van der Waals surface area (Å²) < 4.78 is 0. The van der Waals surface area contributed by atoms with E-state index in [9.17, 15) is 9.59 Å². The minimum atomic E-state index is -0.214. The molecule has 1 fully saturated rings. The zero-order chi connectivity index (χ0) is 21.6. The number of piperidine rings is 1. The molecular formula is C26H30N2O2. The van der Waals surface area contributed by atoms with E-state index < -0.39 is 0 Å². The maximum absolute atomic E-state index is 13.8. The molecule has 0 spiro atoms. The molecule has 0 radical (unpaired) electrons. The van der Waals surface area contributed by atoms with Crippen LogP contribution in [-0.2, 0) is 9.59 Å². The average Bonchev–Trinajstić information content (AvgIpc) is 2.94. The molecule has 0 aliphatic carbocycles. The number of carbonyl (C=O) groups is 2. The van der Waals surface area contributed by atoms with E-state index in [0.717, 1.165) is 53.7 Å². The molecule has 2 aliphatic rings. The molecule has 1 saturated heterocycles. The second-order valence-corrected chi connectivity index (χ2v) is 8.90. The van der Waals surface area contributed by atoms with Gasteiger partial charge in [0.1, 0.15) is 5.70 Å². The summed E-state index contributed by atoms with van der Waals surface area (Å²) in [5.74, 6) is 0.0935. The van der Waals surface area contributed by atoms with E-state index in [4.69, 9.17) is 0 Å². The molecule has 2 aromatic carbocycles. The number of aryl methyl sites for hydroxylation is 3. The summed E-state index contributed by atoms with van der Waals surface area (Å²) in [6, 6.07) is 11.9. The molecule has 0 aromatic heterocycles. The molecule has 4 rings (SSSR count). The fraction of sp³-hybridized carbons (Fsp3) is 0.385. The number of hydrogen-bond donors (Lipinski definition) is 0. The number of imide groups is 1. The van der Waals surface area contributed by atoms with Gasteiger partial charge in [0.05, 0.1) is 11.3 Å². The quantitative estimate of drug-likeness (QED) is 0.683. The Kier molecular flexibility index (Phi) is 5.27. The van der Waals surface area contributed by atoms with Gasteiger partial charge in [0, 0.05) is 13.1 Å². The van der Waals surface area contributed by atoms with Crippen molar-refractivity contribution in [2.24, 2.45) is 5.92 Å². The minimum Gasteiger partial charge on any atom is -0.366 e. The summed E-state index contributed by atoms with van der Waals surface area (Å²) in [4.78, 5) is 31.1. The molecule has 4 heteroatoms. The van der Waals surface area contributed by atoms with Crippen LogP contribution in [0.5, 0.6) is 0 Å². The van der Waals surface area contributed by atoms with Gasteiger partial charge in [-0.25, -0.2) is 4.90 Å². The van der Waals surface area contributed by atoms with Crippen LogP contribution in [-0.4, -0.2) is 29.8 Å². The van der Waals surface area contributed by atoms with Crippen molar-refractivity contribution in [3.8, 4) is 0 Å².